The summed E-state index contributed by atoms with van der Waals surface area (Å²) in [5.74, 6) is 1.77. The molecule has 0 saturated carbocycles. The van der Waals surface area contributed by atoms with Gasteiger partial charge in [0.15, 0.2) is 0 Å². The Morgan fingerprint density at radius 2 is 2.13 bits per heavy atom. The standard InChI is InChI=1S/C23H26N6O2/c1-3-18-12-21(30)28-22(26-18)16-9-10-20(24-13-16)29-11-5-7-17(14-29)23(31)27-19-8-4-6-15(2)25-19/h4,6,8-10,12-13,17H,3,5,7,11,14H2,1-2H3,(H,25,27,31)(H,26,28,30). The summed E-state index contributed by atoms with van der Waals surface area (Å²) in [6.07, 6.45) is 4.16. The van der Waals surface area contributed by atoms with Crippen LogP contribution in [0.5, 0.6) is 0 Å². The van der Waals surface area contributed by atoms with Gasteiger partial charge >= 0.3 is 0 Å². The fourth-order valence-electron chi connectivity index (χ4n) is 3.78. The summed E-state index contributed by atoms with van der Waals surface area (Å²) in [5.41, 5.74) is 2.20. The quantitative estimate of drug-likeness (QED) is 0.660. The lowest BCUT2D eigenvalue weighted by Crippen LogP contribution is -2.41. The summed E-state index contributed by atoms with van der Waals surface area (Å²) >= 11 is 0. The lowest BCUT2D eigenvalue weighted by atomic mass is 9.97. The Labute approximate surface area is 180 Å². The molecule has 1 aliphatic rings. The van der Waals surface area contributed by atoms with E-state index in [0.29, 0.717) is 24.6 Å². The molecule has 0 bridgehead atoms. The summed E-state index contributed by atoms with van der Waals surface area (Å²) in [4.78, 5) is 42.9. The molecule has 3 aromatic heterocycles. The molecule has 4 heterocycles. The summed E-state index contributed by atoms with van der Waals surface area (Å²) in [5, 5.41) is 2.93. The van der Waals surface area contributed by atoms with Gasteiger partial charge in [-0.15, -0.1) is 0 Å². The molecule has 1 amide bonds. The molecule has 0 radical (unpaired) electrons. The Morgan fingerprint density at radius 1 is 1.26 bits per heavy atom. The molecule has 1 fully saturated rings. The van der Waals surface area contributed by atoms with Crippen LogP contribution in [0.15, 0.2) is 47.4 Å². The Bertz CT molecular complexity index is 1130. The number of aromatic nitrogens is 4. The fourth-order valence-corrected chi connectivity index (χ4v) is 3.78. The number of anilines is 2. The molecule has 8 nitrogen and oxygen atoms in total. The predicted octanol–water partition coefficient (Wildman–Crippen LogP) is 2.95. The van der Waals surface area contributed by atoms with E-state index >= 15 is 0 Å². The molecule has 0 aliphatic carbocycles. The van der Waals surface area contributed by atoms with Crippen molar-refractivity contribution in [3.63, 3.8) is 0 Å². The minimum atomic E-state index is -0.168. The summed E-state index contributed by atoms with van der Waals surface area (Å²) in [6, 6.07) is 10.9. The Morgan fingerprint density at radius 3 is 2.87 bits per heavy atom. The summed E-state index contributed by atoms with van der Waals surface area (Å²) in [6.45, 7) is 5.31. The minimum absolute atomic E-state index is 0.0161. The maximum atomic E-state index is 12.7. The van der Waals surface area contributed by atoms with Crippen molar-refractivity contribution >= 4 is 17.5 Å². The van der Waals surface area contributed by atoms with Gasteiger partial charge in [0.1, 0.15) is 17.5 Å². The van der Waals surface area contributed by atoms with Crippen LogP contribution >= 0.6 is 0 Å². The zero-order valence-corrected chi connectivity index (χ0v) is 17.8. The zero-order valence-electron chi connectivity index (χ0n) is 17.8. The van der Waals surface area contributed by atoms with E-state index in [2.05, 4.69) is 30.2 Å². The van der Waals surface area contributed by atoms with Gasteiger partial charge in [0.25, 0.3) is 5.56 Å². The van der Waals surface area contributed by atoms with E-state index in [1.54, 1.807) is 12.3 Å². The Hall–Kier alpha value is -3.55. The Kier molecular flexibility index (Phi) is 6.06. The van der Waals surface area contributed by atoms with Crippen molar-refractivity contribution in [1.29, 1.82) is 0 Å². The van der Waals surface area contributed by atoms with Crippen LogP contribution in [0.2, 0.25) is 0 Å². The molecule has 1 saturated heterocycles. The number of hydrogen-bond donors (Lipinski definition) is 2. The van der Waals surface area contributed by atoms with E-state index in [1.807, 2.05) is 38.1 Å². The number of carbonyl (C=O) groups excluding carboxylic acids is 1. The maximum Gasteiger partial charge on any atom is 0.251 e. The molecular weight excluding hydrogens is 392 g/mol. The van der Waals surface area contributed by atoms with E-state index in [0.717, 1.165) is 42.2 Å². The number of pyridine rings is 2. The highest BCUT2D eigenvalue weighted by molar-refractivity contribution is 5.92. The number of H-pyrrole nitrogens is 1. The first-order chi connectivity index (χ1) is 15.0. The number of amides is 1. The van der Waals surface area contributed by atoms with Crippen molar-refractivity contribution in [2.45, 2.75) is 33.1 Å². The lowest BCUT2D eigenvalue weighted by molar-refractivity contribution is -0.120. The van der Waals surface area contributed by atoms with Crippen molar-refractivity contribution in [2.75, 3.05) is 23.3 Å². The molecule has 8 heteroatoms. The molecule has 4 rings (SSSR count). The topological polar surface area (TPSA) is 104 Å². The highest BCUT2D eigenvalue weighted by Gasteiger charge is 2.27. The molecule has 31 heavy (non-hydrogen) atoms. The van der Waals surface area contributed by atoms with Gasteiger partial charge in [0, 0.05) is 42.3 Å². The smallest absolute Gasteiger partial charge is 0.251 e. The van der Waals surface area contributed by atoms with Gasteiger partial charge in [-0.1, -0.05) is 13.0 Å². The number of aromatic amines is 1. The third-order valence-electron chi connectivity index (χ3n) is 5.43. The summed E-state index contributed by atoms with van der Waals surface area (Å²) < 4.78 is 0. The van der Waals surface area contributed by atoms with Crippen molar-refractivity contribution < 1.29 is 4.79 Å². The first kappa shape index (κ1) is 20.7. The van der Waals surface area contributed by atoms with Crippen LogP contribution in [0.3, 0.4) is 0 Å². The van der Waals surface area contributed by atoms with Gasteiger partial charge in [0.05, 0.1) is 5.92 Å². The fraction of sp³-hybridized carbons (Fsp3) is 0.348. The van der Waals surface area contributed by atoms with Gasteiger partial charge in [-0.3, -0.25) is 9.59 Å². The van der Waals surface area contributed by atoms with Gasteiger partial charge in [-0.05, 0) is 50.5 Å². The van der Waals surface area contributed by atoms with Crippen molar-refractivity contribution in [3.8, 4) is 11.4 Å². The number of carbonyl (C=O) groups is 1. The van der Waals surface area contributed by atoms with Crippen LogP contribution in [-0.2, 0) is 11.2 Å². The van der Waals surface area contributed by atoms with Gasteiger partial charge in [-0.2, -0.15) is 0 Å². The molecule has 160 valence electrons. The van der Waals surface area contributed by atoms with Crippen molar-refractivity contribution in [3.05, 3.63) is 64.3 Å². The number of nitrogens with one attached hydrogen (secondary N) is 2. The number of aryl methyl sites for hydroxylation is 2. The zero-order chi connectivity index (χ0) is 21.8. The second-order valence-corrected chi connectivity index (χ2v) is 7.78. The monoisotopic (exact) mass is 418 g/mol. The average molecular weight is 419 g/mol. The highest BCUT2D eigenvalue weighted by atomic mass is 16.2. The van der Waals surface area contributed by atoms with Crippen molar-refractivity contribution in [1.82, 2.24) is 19.9 Å². The minimum Gasteiger partial charge on any atom is -0.356 e. The van der Waals surface area contributed by atoms with Gasteiger partial charge in [0.2, 0.25) is 5.91 Å². The number of nitrogens with zero attached hydrogens (tertiary/aromatic N) is 4. The Balaban J connectivity index is 1.45. The first-order valence-corrected chi connectivity index (χ1v) is 10.6. The van der Waals surface area contributed by atoms with E-state index in [9.17, 15) is 9.59 Å². The first-order valence-electron chi connectivity index (χ1n) is 10.6. The van der Waals surface area contributed by atoms with Gasteiger partial charge < -0.3 is 15.2 Å². The molecule has 0 spiro atoms. The molecule has 3 aromatic rings. The number of hydrogen-bond acceptors (Lipinski definition) is 6. The van der Waals surface area contributed by atoms with E-state index in [-0.39, 0.29) is 17.4 Å². The normalized spacial score (nSPS) is 16.2. The van der Waals surface area contributed by atoms with E-state index in [4.69, 9.17) is 0 Å². The van der Waals surface area contributed by atoms with Crippen LogP contribution in [0, 0.1) is 12.8 Å². The van der Waals surface area contributed by atoms with Crippen LogP contribution in [0.25, 0.3) is 11.4 Å². The molecule has 2 N–H and O–H groups in total. The van der Waals surface area contributed by atoms with E-state index < -0.39 is 0 Å². The third-order valence-corrected chi connectivity index (χ3v) is 5.43. The SMILES string of the molecule is CCc1cc(=O)[nH]c(-c2ccc(N3CCCC(C(=O)Nc4cccc(C)n4)C3)nc2)n1. The summed E-state index contributed by atoms with van der Waals surface area (Å²) in [7, 11) is 0. The number of piperidine rings is 1. The highest BCUT2D eigenvalue weighted by Crippen LogP contribution is 2.24. The van der Waals surface area contributed by atoms with Crippen LogP contribution in [-0.4, -0.2) is 38.9 Å². The predicted molar refractivity (Wildman–Crippen MR) is 120 cm³/mol. The molecule has 1 aliphatic heterocycles. The van der Waals surface area contributed by atoms with Crippen LogP contribution in [0.1, 0.15) is 31.2 Å². The lowest BCUT2D eigenvalue weighted by Gasteiger charge is -2.32. The average Bonchev–Trinajstić information content (AvgIpc) is 2.79. The molecule has 1 unspecified atom stereocenters. The second kappa shape index (κ2) is 9.07. The molecular formula is C23H26N6O2. The molecule has 0 aromatic carbocycles. The molecule has 1 atom stereocenters. The van der Waals surface area contributed by atoms with Crippen molar-refractivity contribution in [2.24, 2.45) is 5.92 Å². The number of rotatable bonds is 5. The second-order valence-electron chi connectivity index (χ2n) is 7.78. The van der Waals surface area contributed by atoms with Crippen LogP contribution < -0.4 is 15.8 Å². The largest absolute Gasteiger partial charge is 0.356 e. The maximum absolute atomic E-state index is 12.7. The third kappa shape index (κ3) is 4.96. The van der Waals surface area contributed by atoms with Crippen LogP contribution in [0.4, 0.5) is 11.6 Å². The van der Waals surface area contributed by atoms with Gasteiger partial charge in [-0.25, -0.2) is 15.0 Å². The van der Waals surface area contributed by atoms with E-state index in [1.165, 1.54) is 6.07 Å².